The van der Waals surface area contributed by atoms with E-state index in [1.807, 2.05) is 24.3 Å². The number of pyridine rings is 1. The van der Waals surface area contributed by atoms with Gasteiger partial charge in [0.25, 0.3) is 0 Å². The summed E-state index contributed by atoms with van der Waals surface area (Å²) in [6.07, 6.45) is 2.34. The van der Waals surface area contributed by atoms with Crippen LogP contribution in [0.4, 0.5) is 0 Å². The van der Waals surface area contributed by atoms with Gasteiger partial charge in [-0.15, -0.1) is 10.2 Å². The summed E-state index contributed by atoms with van der Waals surface area (Å²) in [6, 6.07) is 29.4. The molecule has 1 aliphatic rings. The molecule has 6 rings (SSSR count). The first-order valence-electron chi connectivity index (χ1n) is 12.1. The van der Waals surface area contributed by atoms with Gasteiger partial charge in [0, 0.05) is 32.4 Å². The third-order valence-corrected chi connectivity index (χ3v) is 8.12. The first-order valence-corrected chi connectivity index (χ1v) is 14.2. The summed E-state index contributed by atoms with van der Waals surface area (Å²) < 4.78 is 9.53. The number of hydrogen-bond acceptors (Lipinski definition) is 5. The number of halogens is 1. The highest BCUT2D eigenvalue weighted by atomic mass is 127. The zero-order valence-electron chi connectivity index (χ0n) is 19.7. The van der Waals surface area contributed by atoms with Crippen molar-refractivity contribution in [3.05, 3.63) is 94.1 Å². The van der Waals surface area contributed by atoms with Gasteiger partial charge in [-0.25, -0.2) is 4.98 Å². The van der Waals surface area contributed by atoms with Crippen molar-refractivity contribution in [3.63, 3.8) is 0 Å². The average Bonchev–Trinajstić information content (AvgIpc) is 3.58. The molecule has 0 saturated carbocycles. The molecular formula is C29H25IN4OS. The zero-order valence-corrected chi connectivity index (χ0v) is 22.7. The Bertz CT molecular complexity index is 1500. The van der Waals surface area contributed by atoms with E-state index in [9.17, 15) is 0 Å². The van der Waals surface area contributed by atoms with Crippen LogP contribution < -0.4 is 0 Å². The van der Waals surface area contributed by atoms with Crippen LogP contribution in [0.2, 0.25) is 0 Å². The van der Waals surface area contributed by atoms with Gasteiger partial charge in [-0.05, 0) is 65.3 Å². The number of rotatable bonds is 7. The van der Waals surface area contributed by atoms with Crippen LogP contribution in [0.25, 0.3) is 33.5 Å². The second-order valence-corrected chi connectivity index (χ2v) is 11.1. The van der Waals surface area contributed by atoms with E-state index >= 15 is 0 Å². The largest absolute Gasteiger partial charge is 0.376 e. The summed E-state index contributed by atoms with van der Waals surface area (Å²) >= 11 is 4.09. The molecule has 1 fully saturated rings. The first-order chi connectivity index (χ1) is 17.7. The molecule has 0 unspecified atom stereocenters. The van der Waals surface area contributed by atoms with Crippen LogP contribution in [0.3, 0.4) is 0 Å². The summed E-state index contributed by atoms with van der Waals surface area (Å²) in [7, 11) is 0. The molecule has 3 heterocycles. The number of hydrogen-bond donors (Lipinski definition) is 0. The van der Waals surface area contributed by atoms with Crippen molar-refractivity contribution in [2.24, 2.45) is 0 Å². The molecule has 180 valence electrons. The van der Waals surface area contributed by atoms with E-state index in [2.05, 4.69) is 92.9 Å². The van der Waals surface area contributed by atoms with Crippen LogP contribution in [0.15, 0.2) is 90.1 Å². The van der Waals surface area contributed by atoms with Crippen molar-refractivity contribution in [1.29, 1.82) is 0 Å². The Kier molecular flexibility index (Phi) is 7.03. The number of para-hydroxylation sites is 1. The van der Waals surface area contributed by atoms with E-state index in [-0.39, 0.29) is 6.10 Å². The van der Waals surface area contributed by atoms with Gasteiger partial charge in [0.05, 0.1) is 23.9 Å². The average molecular weight is 605 g/mol. The molecule has 5 aromatic rings. The molecule has 0 aliphatic carbocycles. The molecule has 1 atom stereocenters. The Morgan fingerprint density at radius 1 is 0.944 bits per heavy atom. The van der Waals surface area contributed by atoms with Crippen molar-refractivity contribution in [2.75, 3.05) is 6.61 Å². The molecule has 36 heavy (non-hydrogen) atoms. The van der Waals surface area contributed by atoms with Crippen molar-refractivity contribution in [1.82, 2.24) is 19.7 Å². The van der Waals surface area contributed by atoms with E-state index in [0.717, 1.165) is 70.5 Å². The topological polar surface area (TPSA) is 52.8 Å². The highest BCUT2D eigenvalue weighted by Gasteiger charge is 2.23. The molecule has 0 radical (unpaired) electrons. The van der Waals surface area contributed by atoms with Crippen LogP contribution in [0.5, 0.6) is 0 Å². The highest BCUT2D eigenvalue weighted by molar-refractivity contribution is 14.1. The van der Waals surface area contributed by atoms with Crippen LogP contribution in [-0.4, -0.2) is 32.5 Å². The summed E-state index contributed by atoms with van der Waals surface area (Å²) in [5.74, 6) is 1.71. The maximum absolute atomic E-state index is 6.03. The monoisotopic (exact) mass is 604 g/mol. The fourth-order valence-electron chi connectivity index (χ4n) is 4.64. The molecule has 1 saturated heterocycles. The van der Waals surface area contributed by atoms with Crippen molar-refractivity contribution >= 4 is 45.3 Å². The van der Waals surface area contributed by atoms with Crippen molar-refractivity contribution < 1.29 is 4.74 Å². The van der Waals surface area contributed by atoms with E-state index in [0.29, 0.717) is 0 Å². The predicted molar refractivity (Wildman–Crippen MR) is 154 cm³/mol. The van der Waals surface area contributed by atoms with E-state index in [1.54, 1.807) is 11.8 Å². The standard InChI is InChI=1S/C29H25IN4OS/c30-22-11-6-8-20(16-22)19-36-29-33-32-28(34(29)18-23-12-7-15-35-23)25-17-27(21-9-2-1-3-10-21)31-26-14-5-4-13-24(25)26/h1-6,8-11,13-14,16-17,23H,7,12,15,18-19H2/t23-/m0/s1. The smallest absolute Gasteiger partial charge is 0.191 e. The third kappa shape index (κ3) is 5.05. The molecule has 1 aliphatic heterocycles. The van der Waals surface area contributed by atoms with Crippen LogP contribution in [0.1, 0.15) is 18.4 Å². The van der Waals surface area contributed by atoms with Crippen molar-refractivity contribution in [2.45, 2.75) is 36.4 Å². The van der Waals surface area contributed by atoms with Gasteiger partial charge in [0.1, 0.15) is 0 Å². The molecule has 0 amide bonds. The number of benzene rings is 3. The fraction of sp³-hybridized carbons (Fsp3) is 0.207. The first kappa shape index (κ1) is 23.6. The number of fused-ring (bicyclic) bond motifs is 1. The summed E-state index contributed by atoms with van der Waals surface area (Å²) in [4.78, 5) is 4.97. The molecule has 0 N–H and O–H groups in total. The third-order valence-electron chi connectivity index (χ3n) is 6.41. The quantitative estimate of drug-likeness (QED) is 0.145. The Balaban J connectivity index is 1.45. The maximum atomic E-state index is 6.03. The number of nitrogens with zero attached hydrogens (tertiary/aromatic N) is 4. The summed E-state index contributed by atoms with van der Waals surface area (Å²) in [5.41, 5.74) is 5.30. The zero-order chi connectivity index (χ0) is 24.3. The lowest BCUT2D eigenvalue weighted by atomic mass is 10.0. The van der Waals surface area contributed by atoms with Gasteiger partial charge in [-0.1, -0.05) is 72.4 Å². The maximum Gasteiger partial charge on any atom is 0.191 e. The number of ether oxygens (including phenoxy) is 1. The summed E-state index contributed by atoms with van der Waals surface area (Å²) in [6.45, 7) is 1.57. The molecular weight excluding hydrogens is 579 g/mol. The van der Waals surface area contributed by atoms with E-state index in [1.165, 1.54) is 9.13 Å². The Morgan fingerprint density at radius 2 is 1.81 bits per heavy atom. The minimum atomic E-state index is 0.179. The number of aromatic nitrogens is 4. The van der Waals surface area contributed by atoms with Crippen LogP contribution >= 0.6 is 34.4 Å². The second-order valence-electron chi connectivity index (χ2n) is 8.91. The Hall–Kier alpha value is -2.75. The summed E-state index contributed by atoms with van der Waals surface area (Å²) in [5, 5.41) is 11.4. The molecule has 0 spiro atoms. The fourth-order valence-corrected chi connectivity index (χ4v) is 6.14. The normalized spacial score (nSPS) is 15.5. The van der Waals surface area contributed by atoms with Crippen LogP contribution in [-0.2, 0) is 17.0 Å². The van der Waals surface area contributed by atoms with E-state index < -0.39 is 0 Å². The lowest BCUT2D eigenvalue weighted by Crippen LogP contribution is -2.16. The lowest BCUT2D eigenvalue weighted by molar-refractivity contribution is 0.0953. The molecule has 5 nitrogen and oxygen atoms in total. The van der Waals surface area contributed by atoms with Gasteiger partial charge >= 0.3 is 0 Å². The van der Waals surface area contributed by atoms with Gasteiger partial charge in [0.15, 0.2) is 11.0 Å². The molecule has 7 heteroatoms. The highest BCUT2D eigenvalue weighted by Crippen LogP contribution is 2.34. The molecule has 3 aromatic carbocycles. The van der Waals surface area contributed by atoms with Gasteiger partial charge in [-0.2, -0.15) is 0 Å². The Labute approximate surface area is 228 Å². The van der Waals surface area contributed by atoms with Crippen LogP contribution in [0, 0.1) is 3.57 Å². The minimum absolute atomic E-state index is 0.179. The van der Waals surface area contributed by atoms with Crippen molar-refractivity contribution in [3.8, 4) is 22.6 Å². The minimum Gasteiger partial charge on any atom is -0.376 e. The lowest BCUT2D eigenvalue weighted by Gasteiger charge is -2.16. The van der Waals surface area contributed by atoms with Gasteiger partial charge < -0.3 is 4.74 Å². The van der Waals surface area contributed by atoms with Gasteiger partial charge in [-0.3, -0.25) is 4.57 Å². The SMILES string of the molecule is Ic1cccc(CSc2nnc(-c3cc(-c4ccccc4)nc4ccccc34)n2C[C@@H]2CCCO2)c1. The van der Waals surface area contributed by atoms with Gasteiger partial charge in [0.2, 0.25) is 0 Å². The molecule has 0 bridgehead atoms. The second kappa shape index (κ2) is 10.7. The molecule has 2 aromatic heterocycles. The predicted octanol–water partition coefficient (Wildman–Crippen LogP) is 7.24. The number of thioether (sulfide) groups is 1. The Morgan fingerprint density at radius 3 is 2.64 bits per heavy atom. The van der Waals surface area contributed by atoms with E-state index in [4.69, 9.17) is 14.8 Å².